The molecule has 1 N–H and O–H groups in total. The van der Waals surface area contributed by atoms with E-state index < -0.39 is 0 Å². The number of hydrogen-bond donors (Lipinski definition) is 1. The summed E-state index contributed by atoms with van der Waals surface area (Å²) in [5, 5.41) is 10.7. The summed E-state index contributed by atoms with van der Waals surface area (Å²) in [6.45, 7) is 8.87. The van der Waals surface area contributed by atoms with Gasteiger partial charge in [0.05, 0.1) is 6.10 Å². The van der Waals surface area contributed by atoms with Crippen LogP contribution in [0.1, 0.15) is 55.9 Å². The molecule has 18 heavy (non-hydrogen) atoms. The minimum Gasteiger partial charge on any atom is -0.388 e. The van der Waals surface area contributed by atoms with Gasteiger partial charge in [0, 0.05) is 0 Å². The van der Waals surface area contributed by atoms with E-state index >= 15 is 0 Å². The molecule has 0 radical (unpaired) electrons. The molecule has 1 heteroatoms. The van der Waals surface area contributed by atoms with Crippen LogP contribution >= 0.6 is 0 Å². The molecule has 2 rings (SSSR count). The van der Waals surface area contributed by atoms with Crippen molar-refractivity contribution < 1.29 is 5.11 Å². The number of rotatable bonds is 2. The summed E-state index contributed by atoms with van der Waals surface area (Å²) in [5.41, 5.74) is 3.60. The summed E-state index contributed by atoms with van der Waals surface area (Å²) in [7, 11) is 0. The zero-order valence-electron chi connectivity index (χ0n) is 12.1. The van der Waals surface area contributed by atoms with Crippen LogP contribution in [0.4, 0.5) is 0 Å². The molecule has 100 valence electrons. The summed E-state index contributed by atoms with van der Waals surface area (Å²) in [5.74, 6) is 1.99. The fourth-order valence-electron chi connectivity index (χ4n) is 3.21. The van der Waals surface area contributed by atoms with Crippen LogP contribution in [0.2, 0.25) is 0 Å². The predicted molar refractivity (Wildman–Crippen MR) is 76.5 cm³/mol. The Morgan fingerprint density at radius 3 is 2.50 bits per heavy atom. The van der Waals surface area contributed by atoms with Gasteiger partial charge in [-0.25, -0.2) is 0 Å². The van der Waals surface area contributed by atoms with Gasteiger partial charge in [-0.2, -0.15) is 0 Å². The maximum atomic E-state index is 10.7. The molecule has 0 heterocycles. The molecule has 1 aromatic carbocycles. The summed E-state index contributed by atoms with van der Waals surface area (Å²) in [4.78, 5) is 0. The first-order chi connectivity index (χ1) is 8.49. The molecule has 0 aromatic heterocycles. The highest BCUT2D eigenvalue weighted by Gasteiger charge is 2.30. The molecule has 0 amide bonds. The van der Waals surface area contributed by atoms with Gasteiger partial charge in [0.25, 0.3) is 0 Å². The molecule has 1 aliphatic rings. The highest BCUT2D eigenvalue weighted by atomic mass is 16.3. The van der Waals surface area contributed by atoms with Crippen molar-refractivity contribution in [3.05, 3.63) is 34.9 Å². The average Bonchev–Trinajstić information content (AvgIpc) is 2.35. The molecule has 4 atom stereocenters. The Kier molecular flexibility index (Phi) is 4.11. The van der Waals surface area contributed by atoms with Crippen LogP contribution in [-0.2, 0) is 0 Å². The van der Waals surface area contributed by atoms with Crippen molar-refractivity contribution in [1.29, 1.82) is 0 Å². The van der Waals surface area contributed by atoms with Gasteiger partial charge in [0.15, 0.2) is 0 Å². The molecule has 1 saturated carbocycles. The van der Waals surface area contributed by atoms with Crippen LogP contribution in [0, 0.1) is 31.6 Å². The Balaban J connectivity index is 2.16. The molecule has 0 saturated heterocycles. The average molecular weight is 246 g/mol. The lowest BCUT2D eigenvalue weighted by Crippen LogP contribution is -2.25. The third kappa shape index (κ3) is 2.77. The summed E-state index contributed by atoms with van der Waals surface area (Å²) in [6.07, 6.45) is 3.31. The first-order valence-electron chi connectivity index (χ1n) is 7.24. The maximum absolute atomic E-state index is 10.7. The zero-order chi connectivity index (χ0) is 13.3. The monoisotopic (exact) mass is 246 g/mol. The molecular formula is C17H26O. The summed E-state index contributed by atoms with van der Waals surface area (Å²) < 4.78 is 0. The standard InChI is InChI=1S/C17H26O/c1-11-5-6-13(3)16(9-11)17(18)15-8-7-12(2)14(4)10-15/h5-6,9,12,14-15,17-18H,7-8,10H2,1-4H3. The summed E-state index contributed by atoms with van der Waals surface area (Å²) >= 11 is 0. The Bertz CT molecular complexity index is 410. The summed E-state index contributed by atoms with van der Waals surface area (Å²) in [6, 6.07) is 6.41. The van der Waals surface area contributed by atoms with E-state index in [0.29, 0.717) is 5.92 Å². The van der Waals surface area contributed by atoms with Crippen molar-refractivity contribution in [2.24, 2.45) is 17.8 Å². The lowest BCUT2D eigenvalue weighted by molar-refractivity contribution is 0.0556. The molecule has 1 aliphatic carbocycles. The van der Waals surface area contributed by atoms with E-state index in [1.54, 1.807) is 0 Å². The van der Waals surface area contributed by atoms with Gasteiger partial charge in [-0.3, -0.25) is 0 Å². The Hall–Kier alpha value is -0.820. The van der Waals surface area contributed by atoms with E-state index in [9.17, 15) is 5.11 Å². The largest absolute Gasteiger partial charge is 0.388 e. The van der Waals surface area contributed by atoms with E-state index in [1.807, 2.05) is 0 Å². The normalized spacial score (nSPS) is 30.2. The highest BCUT2D eigenvalue weighted by molar-refractivity contribution is 5.32. The number of hydrogen-bond acceptors (Lipinski definition) is 1. The molecule has 1 nitrogen and oxygen atoms in total. The highest BCUT2D eigenvalue weighted by Crippen LogP contribution is 2.40. The topological polar surface area (TPSA) is 20.2 Å². The van der Waals surface area contributed by atoms with Gasteiger partial charge < -0.3 is 5.11 Å². The van der Waals surface area contributed by atoms with E-state index in [-0.39, 0.29) is 6.10 Å². The van der Waals surface area contributed by atoms with Crippen molar-refractivity contribution in [2.75, 3.05) is 0 Å². The third-order valence-corrected chi connectivity index (χ3v) is 4.84. The molecule has 0 bridgehead atoms. The van der Waals surface area contributed by atoms with Gasteiger partial charge in [0.2, 0.25) is 0 Å². The van der Waals surface area contributed by atoms with E-state index in [1.165, 1.54) is 24.0 Å². The van der Waals surface area contributed by atoms with Crippen LogP contribution in [0.5, 0.6) is 0 Å². The van der Waals surface area contributed by atoms with E-state index in [2.05, 4.69) is 45.9 Å². The van der Waals surface area contributed by atoms with Crippen molar-refractivity contribution in [3.8, 4) is 0 Å². The number of aliphatic hydroxyl groups is 1. The molecule has 4 unspecified atom stereocenters. The quantitative estimate of drug-likeness (QED) is 0.819. The third-order valence-electron chi connectivity index (χ3n) is 4.84. The van der Waals surface area contributed by atoms with Gasteiger partial charge >= 0.3 is 0 Å². The smallest absolute Gasteiger partial charge is 0.0820 e. The van der Waals surface area contributed by atoms with E-state index in [0.717, 1.165) is 23.8 Å². The van der Waals surface area contributed by atoms with Crippen molar-refractivity contribution in [3.63, 3.8) is 0 Å². The fourth-order valence-corrected chi connectivity index (χ4v) is 3.21. The molecule has 1 fully saturated rings. The number of aryl methyl sites for hydroxylation is 2. The Morgan fingerprint density at radius 2 is 1.83 bits per heavy atom. The van der Waals surface area contributed by atoms with Gasteiger partial charge in [-0.1, -0.05) is 44.0 Å². The SMILES string of the molecule is Cc1ccc(C)c(C(O)C2CCC(C)C(C)C2)c1. The van der Waals surface area contributed by atoms with Gasteiger partial charge in [-0.05, 0) is 55.6 Å². The lowest BCUT2D eigenvalue weighted by atomic mass is 9.72. The lowest BCUT2D eigenvalue weighted by Gasteiger charge is -2.35. The van der Waals surface area contributed by atoms with Gasteiger partial charge in [0.1, 0.15) is 0 Å². The van der Waals surface area contributed by atoms with Crippen molar-refractivity contribution in [1.82, 2.24) is 0 Å². The van der Waals surface area contributed by atoms with Crippen molar-refractivity contribution >= 4 is 0 Å². The molecular weight excluding hydrogens is 220 g/mol. The Morgan fingerprint density at radius 1 is 1.11 bits per heavy atom. The minimum absolute atomic E-state index is 0.278. The van der Waals surface area contributed by atoms with Crippen LogP contribution < -0.4 is 0 Å². The molecule has 0 spiro atoms. The second kappa shape index (κ2) is 5.44. The van der Waals surface area contributed by atoms with Crippen LogP contribution in [0.15, 0.2) is 18.2 Å². The zero-order valence-corrected chi connectivity index (χ0v) is 12.1. The maximum Gasteiger partial charge on any atom is 0.0820 e. The fraction of sp³-hybridized carbons (Fsp3) is 0.647. The Labute approximate surface area is 111 Å². The predicted octanol–water partition coefficient (Wildman–Crippen LogP) is 4.41. The van der Waals surface area contributed by atoms with Crippen LogP contribution in [-0.4, -0.2) is 5.11 Å². The number of benzene rings is 1. The first-order valence-corrected chi connectivity index (χ1v) is 7.24. The van der Waals surface area contributed by atoms with E-state index in [4.69, 9.17) is 0 Å². The number of aliphatic hydroxyl groups excluding tert-OH is 1. The van der Waals surface area contributed by atoms with Gasteiger partial charge in [-0.15, -0.1) is 0 Å². The van der Waals surface area contributed by atoms with Crippen molar-refractivity contribution in [2.45, 2.75) is 53.1 Å². The van der Waals surface area contributed by atoms with Crippen LogP contribution in [0.3, 0.4) is 0 Å². The molecule has 0 aliphatic heterocycles. The van der Waals surface area contributed by atoms with Crippen LogP contribution in [0.25, 0.3) is 0 Å². The first kappa shape index (κ1) is 13.6. The minimum atomic E-state index is -0.278. The molecule has 1 aromatic rings. The second-order valence-electron chi connectivity index (χ2n) is 6.33. The second-order valence-corrected chi connectivity index (χ2v) is 6.33.